The second kappa shape index (κ2) is 13.2. The largest absolute Gasteiger partial charge is 0.507 e. The number of sulfonamides is 1. The van der Waals surface area contributed by atoms with Crippen LogP contribution in [0.4, 0.5) is 18.9 Å². The molecule has 0 amide bonds. The van der Waals surface area contributed by atoms with Gasteiger partial charge < -0.3 is 19.7 Å². The molecule has 0 aliphatic rings. The van der Waals surface area contributed by atoms with Crippen molar-refractivity contribution in [3.05, 3.63) is 62.7 Å². The van der Waals surface area contributed by atoms with Crippen LogP contribution in [0.2, 0.25) is 14.5 Å². The molecule has 18 heteroatoms. The molecule has 206 valence electrons. The van der Waals surface area contributed by atoms with E-state index in [2.05, 4.69) is 9.71 Å². The molecular weight excluding hydrogens is 624 g/mol. The molecule has 0 spiro atoms. The van der Waals surface area contributed by atoms with Crippen LogP contribution >= 0.6 is 46.1 Å². The van der Waals surface area contributed by atoms with Gasteiger partial charge in [0.1, 0.15) is 44.0 Å². The van der Waals surface area contributed by atoms with Crippen LogP contribution in [-0.4, -0.2) is 54.9 Å². The van der Waals surface area contributed by atoms with Crippen LogP contribution < -0.4 is 9.46 Å². The molecule has 0 bridgehead atoms. The predicted octanol–water partition coefficient (Wildman–Crippen LogP) is 5.48. The molecule has 3 N–H and O–H groups in total. The smallest absolute Gasteiger partial charge is 0.490 e. The summed E-state index contributed by atoms with van der Waals surface area (Å²) >= 11 is 18.0. The number of thiophene rings is 1. The number of hydrogen-bond acceptors (Lipinski definition) is 9. The number of carbonyl (C=O) groups is 2. The Morgan fingerprint density at radius 2 is 1.74 bits per heavy atom. The molecule has 0 saturated heterocycles. The summed E-state index contributed by atoms with van der Waals surface area (Å²) in [6, 6.07) is 8.00. The number of aliphatic carboxylic acids is 1. The number of ether oxygens (including phenoxy) is 2. The van der Waals surface area contributed by atoms with E-state index in [1.54, 1.807) is 12.1 Å². The lowest BCUT2D eigenvalue weighted by Gasteiger charge is -2.10. The maximum absolute atomic E-state index is 12.4. The number of carboxylic acid groups (broad SMARTS) is 1. The first-order valence-electron chi connectivity index (χ1n) is 9.62. The van der Waals surface area contributed by atoms with Crippen LogP contribution in [0.3, 0.4) is 0 Å². The maximum atomic E-state index is 12.4. The van der Waals surface area contributed by atoms with Crippen molar-refractivity contribution in [3.8, 4) is 11.5 Å². The molecular formula is C20H14Cl3F3N2O8S2. The lowest BCUT2D eigenvalue weighted by molar-refractivity contribution is -0.192. The van der Waals surface area contributed by atoms with E-state index >= 15 is 0 Å². The molecule has 0 unspecified atom stereocenters. The highest BCUT2D eigenvalue weighted by atomic mass is 35.5. The molecule has 0 saturated carbocycles. The summed E-state index contributed by atoms with van der Waals surface area (Å²) in [5, 5.41) is 17.7. The Morgan fingerprint density at radius 1 is 1.08 bits per heavy atom. The van der Waals surface area contributed by atoms with Gasteiger partial charge in [-0.1, -0.05) is 34.8 Å². The minimum Gasteiger partial charge on any atom is -0.507 e. The van der Waals surface area contributed by atoms with Crippen LogP contribution in [0.5, 0.6) is 11.5 Å². The fourth-order valence-electron chi connectivity index (χ4n) is 2.25. The zero-order valence-electron chi connectivity index (χ0n) is 18.3. The van der Waals surface area contributed by atoms with Crippen LogP contribution in [0.25, 0.3) is 0 Å². The fraction of sp³-hybridized carbons (Fsp3) is 0.150. The Balaban J connectivity index is 0.000000638. The van der Waals surface area contributed by atoms with Gasteiger partial charge in [0.15, 0.2) is 0 Å². The van der Waals surface area contributed by atoms with Gasteiger partial charge >= 0.3 is 18.1 Å². The van der Waals surface area contributed by atoms with Crippen molar-refractivity contribution in [1.82, 2.24) is 4.98 Å². The molecule has 38 heavy (non-hydrogen) atoms. The Bertz CT molecular complexity index is 1380. The molecule has 10 nitrogen and oxygen atoms in total. The summed E-state index contributed by atoms with van der Waals surface area (Å²) in [7, 11) is -3.97. The van der Waals surface area contributed by atoms with E-state index in [9.17, 15) is 31.5 Å². The number of rotatable bonds is 8. The molecule has 1 aromatic carbocycles. The molecule has 3 rings (SSSR count). The number of phenols is 1. The third kappa shape index (κ3) is 9.40. The Kier molecular flexibility index (Phi) is 10.8. The molecule has 3 aromatic rings. The van der Waals surface area contributed by atoms with Gasteiger partial charge in [-0.05, 0) is 30.3 Å². The minimum atomic E-state index is -5.08. The van der Waals surface area contributed by atoms with Gasteiger partial charge in [-0.2, -0.15) is 13.2 Å². The van der Waals surface area contributed by atoms with Gasteiger partial charge in [-0.25, -0.2) is 23.0 Å². The third-order valence-electron chi connectivity index (χ3n) is 3.89. The van der Waals surface area contributed by atoms with E-state index in [1.807, 2.05) is 0 Å². The number of nitrogens with zero attached hydrogens (tertiary/aromatic N) is 1. The number of carboxylic acids is 1. The maximum Gasteiger partial charge on any atom is 0.490 e. The van der Waals surface area contributed by atoms with Crippen LogP contribution in [0.1, 0.15) is 10.4 Å². The normalized spacial score (nSPS) is 11.2. The highest BCUT2D eigenvalue weighted by molar-refractivity contribution is 7.94. The summed E-state index contributed by atoms with van der Waals surface area (Å²) in [4.78, 5) is 24.9. The van der Waals surface area contributed by atoms with Gasteiger partial charge in [0.25, 0.3) is 10.0 Å². The first-order chi connectivity index (χ1) is 17.6. The average Bonchev–Trinajstić information content (AvgIpc) is 3.16. The number of alkyl halides is 3. The Hall–Kier alpha value is -2.98. The van der Waals surface area contributed by atoms with Crippen LogP contribution in [-0.2, 0) is 19.6 Å². The van der Waals surface area contributed by atoms with E-state index in [1.165, 1.54) is 24.4 Å². The third-order valence-corrected chi connectivity index (χ3v) is 7.83. The first kappa shape index (κ1) is 31.2. The van der Waals surface area contributed by atoms with E-state index < -0.39 is 33.9 Å². The second-order valence-electron chi connectivity index (χ2n) is 6.63. The topological polar surface area (TPSA) is 152 Å². The summed E-state index contributed by atoms with van der Waals surface area (Å²) in [5.74, 6) is -3.57. The molecule has 0 atom stereocenters. The van der Waals surface area contributed by atoms with Crippen molar-refractivity contribution >= 4 is 73.8 Å². The first-order valence-corrected chi connectivity index (χ1v) is 13.1. The lowest BCUT2D eigenvalue weighted by atomic mass is 10.2. The quantitative estimate of drug-likeness (QED) is 0.166. The number of esters is 1. The summed E-state index contributed by atoms with van der Waals surface area (Å²) < 4.78 is 69.2. The van der Waals surface area contributed by atoms with Gasteiger partial charge in [0, 0.05) is 6.07 Å². The molecule has 2 aromatic heterocycles. The number of phenolic OH excluding ortho intramolecular Hbond substituents is 1. The van der Waals surface area contributed by atoms with E-state index in [0.29, 0.717) is 10.9 Å². The number of nitrogens with one attached hydrogen (secondary N) is 1. The second-order valence-corrected chi connectivity index (χ2v) is 11.0. The van der Waals surface area contributed by atoms with E-state index in [4.69, 9.17) is 54.2 Å². The Labute approximate surface area is 231 Å². The van der Waals surface area contributed by atoms with Crippen molar-refractivity contribution in [3.63, 3.8) is 0 Å². The van der Waals surface area contributed by atoms with Crippen molar-refractivity contribution in [2.24, 2.45) is 0 Å². The molecule has 2 heterocycles. The summed E-state index contributed by atoms with van der Waals surface area (Å²) in [5.41, 5.74) is -0.105. The zero-order chi connectivity index (χ0) is 28.7. The molecule has 0 fully saturated rings. The highest BCUT2D eigenvalue weighted by Crippen LogP contribution is 2.35. The molecule has 0 aliphatic carbocycles. The van der Waals surface area contributed by atoms with Crippen molar-refractivity contribution in [1.29, 1.82) is 0 Å². The van der Waals surface area contributed by atoms with Gasteiger partial charge in [0.2, 0.25) is 0 Å². The van der Waals surface area contributed by atoms with Crippen LogP contribution in [0, 0.1) is 0 Å². The molecule has 0 aliphatic heterocycles. The van der Waals surface area contributed by atoms with Gasteiger partial charge in [-0.3, -0.25) is 4.72 Å². The SMILES string of the molecule is O=C(O)C(F)(F)F.O=C(OCCOc1ccc(Cl)nc1)c1ccc(NS(=O)(=O)c2cc(Cl)c(Cl)s2)cc1O. The minimum absolute atomic E-state index is 0.0354. The van der Waals surface area contributed by atoms with Crippen molar-refractivity contribution in [2.75, 3.05) is 17.9 Å². The Morgan fingerprint density at radius 3 is 2.24 bits per heavy atom. The number of benzene rings is 1. The standard InChI is InChI=1S/C18H13Cl3N2O6S2.C2HF3O2/c19-13-8-16(30-17(13)21)31(26,27)23-10-1-3-12(14(24)7-10)18(25)29-6-5-28-11-2-4-15(20)22-9-11;3-2(4,5)1(6)7/h1-4,7-9,23-24H,5-6H2;(H,6,7). The number of halogens is 6. The van der Waals surface area contributed by atoms with Gasteiger partial charge in [0.05, 0.1) is 16.9 Å². The summed E-state index contributed by atoms with van der Waals surface area (Å²) in [6.07, 6.45) is -3.66. The monoisotopic (exact) mass is 636 g/mol. The number of anilines is 1. The van der Waals surface area contributed by atoms with Crippen molar-refractivity contribution in [2.45, 2.75) is 10.4 Å². The zero-order valence-corrected chi connectivity index (χ0v) is 22.2. The number of hydrogen-bond donors (Lipinski definition) is 3. The highest BCUT2D eigenvalue weighted by Gasteiger charge is 2.38. The van der Waals surface area contributed by atoms with Crippen molar-refractivity contribution < 1.29 is 50.9 Å². The van der Waals surface area contributed by atoms with E-state index in [-0.39, 0.29) is 38.0 Å². The molecule has 0 radical (unpaired) electrons. The fourth-order valence-corrected chi connectivity index (χ4v) is 5.29. The number of aromatic nitrogens is 1. The van der Waals surface area contributed by atoms with E-state index in [0.717, 1.165) is 17.4 Å². The number of carbonyl (C=O) groups excluding carboxylic acids is 1. The predicted molar refractivity (Wildman–Crippen MR) is 132 cm³/mol. The average molecular weight is 638 g/mol. The number of pyridine rings is 1. The number of aromatic hydroxyl groups is 1. The lowest BCUT2D eigenvalue weighted by Crippen LogP contribution is -2.21. The van der Waals surface area contributed by atoms with Gasteiger partial charge in [-0.15, -0.1) is 11.3 Å². The van der Waals surface area contributed by atoms with Crippen LogP contribution in [0.15, 0.2) is 46.8 Å². The summed E-state index contributed by atoms with van der Waals surface area (Å²) in [6.45, 7) is -0.0329.